The van der Waals surface area contributed by atoms with Crippen LogP contribution in [0.3, 0.4) is 0 Å². The van der Waals surface area contributed by atoms with Gasteiger partial charge in [-0.25, -0.2) is 4.79 Å². The van der Waals surface area contributed by atoms with Gasteiger partial charge in [0.15, 0.2) is 0 Å². The number of nitrogens with two attached hydrogens (primary N) is 1. The molecule has 1 saturated heterocycles. The lowest BCUT2D eigenvalue weighted by molar-refractivity contribution is 0.132. The number of alkyl carbamates (subject to hydrolysis) is 1. The molecule has 6 heteroatoms. The van der Waals surface area contributed by atoms with Crippen LogP contribution in [0, 0.1) is 0 Å². The summed E-state index contributed by atoms with van der Waals surface area (Å²) in [4.78, 5) is 15.5. The number of ether oxygens (including phenoxy) is 1. The Kier molecular flexibility index (Phi) is 11.9. The van der Waals surface area contributed by atoms with E-state index in [0.717, 1.165) is 45.8 Å². The molecule has 136 valence electrons. The summed E-state index contributed by atoms with van der Waals surface area (Å²) < 4.78 is 4.50. The van der Waals surface area contributed by atoms with Gasteiger partial charge < -0.3 is 15.8 Å². The highest BCUT2D eigenvalue weighted by Gasteiger charge is 2.15. The van der Waals surface area contributed by atoms with Gasteiger partial charge in [0, 0.05) is 52.4 Å². The highest BCUT2D eigenvalue weighted by molar-refractivity contribution is 5.66. The van der Waals surface area contributed by atoms with E-state index in [1.165, 1.54) is 52.1 Å². The van der Waals surface area contributed by atoms with E-state index in [2.05, 4.69) is 19.9 Å². The van der Waals surface area contributed by atoms with E-state index in [-0.39, 0.29) is 6.09 Å². The van der Waals surface area contributed by atoms with E-state index >= 15 is 0 Å². The van der Waals surface area contributed by atoms with Crippen molar-refractivity contribution in [3.63, 3.8) is 0 Å². The number of methoxy groups -OCH3 is 1. The van der Waals surface area contributed by atoms with Crippen molar-refractivity contribution in [3.8, 4) is 0 Å². The van der Waals surface area contributed by atoms with E-state index in [1.54, 1.807) is 0 Å². The maximum absolute atomic E-state index is 10.8. The smallest absolute Gasteiger partial charge is 0.406 e. The fraction of sp³-hybridized carbons (Fsp3) is 0.941. The Bertz CT molecular complexity index is 275. The van der Waals surface area contributed by atoms with Gasteiger partial charge in [-0.3, -0.25) is 9.80 Å². The van der Waals surface area contributed by atoms with Gasteiger partial charge >= 0.3 is 6.09 Å². The van der Waals surface area contributed by atoms with Crippen LogP contribution in [0.2, 0.25) is 0 Å². The highest BCUT2D eigenvalue weighted by Crippen LogP contribution is 2.15. The predicted octanol–water partition coefficient (Wildman–Crippen LogP) is 1.65. The summed E-state index contributed by atoms with van der Waals surface area (Å²) in [5.41, 5.74) is 5.51. The lowest BCUT2D eigenvalue weighted by Crippen LogP contribution is -2.49. The summed E-state index contributed by atoms with van der Waals surface area (Å²) in [7, 11) is 1.38. The Labute approximate surface area is 141 Å². The molecule has 1 saturated carbocycles. The Hall–Kier alpha value is -0.850. The van der Waals surface area contributed by atoms with Crippen LogP contribution in [0.15, 0.2) is 0 Å². The van der Waals surface area contributed by atoms with Crippen molar-refractivity contribution < 1.29 is 9.53 Å². The van der Waals surface area contributed by atoms with E-state index in [0.29, 0.717) is 6.54 Å². The quantitative estimate of drug-likeness (QED) is 0.751. The number of carbonyl (C=O) groups excluding carboxylic acids is 1. The van der Waals surface area contributed by atoms with Crippen LogP contribution in [0.1, 0.15) is 44.9 Å². The molecule has 1 aliphatic heterocycles. The summed E-state index contributed by atoms with van der Waals surface area (Å²) in [6, 6.07) is 0. The van der Waals surface area contributed by atoms with Gasteiger partial charge in [-0.1, -0.05) is 44.9 Å². The van der Waals surface area contributed by atoms with Crippen molar-refractivity contribution in [2.45, 2.75) is 44.9 Å². The summed E-state index contributed by atoms with van der Waals surface area (Å²) in [6.07, 6.45) is 10.1. The highest BCUT2D eigenvalue weighted by atomic mass is 16.5. The summed E-state index contributed by atoms with van der Waals surface area (Å²) in [6.45, 7) is 7.45. The van der Waals surface area contributed by atoms with Crippen LogP contribution < -0.4 is 11.1 Å². The molecule has 0 aromatic heterocycles. The Balaban J connectivity index is 0.000000313. The second-order valence-corrected chi connectivity index (χ2v) is 6.37. The van der Waals surface area contributed by atoms with Gasteiger partial charge in [0.1, 0.15) is 0 Å². The second-order valence-electron chi connectivity index (χ2n) is 6.37. The monoisotopic (exact) mass is 328 g/mol. The van der Waals surface area contributed by atoms with Crippen LogP contribution in [-0.2, 0) is 4.74 Å². The molecule has 1 heterocycles. The first-order valence-corrected chi connectivity index (χ1v) is 9.23. The largest absolute Gasteiger partial charge is 0.453 e. The van der Waals surface area contributed by atoms with Crippen LogP contribution in [0.4, 0.5) is 4.79 Å². The molecular formula is C17H36N4O2. The summed E-state index contributed by atoms with van der Waals surface area (Å²) >= 11 is 0. The van der Waals surface area contributed by atoms with Crippen molar-refractivity contribution >= 4 is 6.09 Å². The van der Waals surface area contributed by atoms with Crippen molar-refractivity contribution in [3.05, 3.63) is 0 Å². The van der Waals surface area contributed by atoms with Gasteiger partial charge in [0.05, 0.1) is 7.11 Å². The fourth-order valence-electron chi connectivity index (χ4n) is 3.04. The van der Waals surface area contributed by atoms with Crippen molar-refractivity contribution in [1.82, 2.24) is 15.1 Å². The molecule has 23 heavy (non-hydrogen) atoms. The SMILES string of the molecule is C1CCCCCC1.COC(=O)NCCN1CCN(CCN)CC1. The molecule has 0 unspecified atom stereocenters. The number of nitrogens with one attached hydrogen (secondary N) is 1. The van der Waals surface area contributed by atoms with Crippen LogP contribution in [-0.4, -0.2) is 75.4 Å². The maximum atomic E-state index is 10.8. The standard InChI is InChI=1S/C10H22N4O2.C7H14/c1-16-10(15)12-3-5-14-8-6-13(4-2-11)7-9-14;1-2-4-6-7-5-3-1/h2-9,11H2,1H3,(H,12,15);1-7H2. The minimum Gasteiger partial charge on any atom is -0.453 e. The third-order valence-corrected chi connectivity index (χ3v) is 4.54. The lowest BCUT2D eigenvalue weighted by atomic mass is 10.2. The minimum absolute atomic E-state index is 0.359. The topological polar surface area (TPSA) is 70.8 Å². The molecule has 2 rings (SSSR count). The molecule has 2 fully saturated rings. The summed E-state index contributed by atoms with van der Waals surface area (Å²) in [5, 5.41) is 2.68. The number of rotatable bonds is 5. The predicted molar refractivity (Wildman–Crippen MR) is 94.7 cm³/mol. The Morgan fingerprint density at radius 3 is 1.74 bits per heavy atom. The van der Waals surface area contributed by atoms with Crippen LogP contribution in [0.5, 0.6) is 0 Å². The van der Waals surface area contributed by atoms with Gasteiger partial charge in [-0.2, -0.15) is 0 Å². The molecule has 0 bridgehead atoms. The van der Waals surface area contributed by atoms with Crippen LogP contribution >= 0.6 is 0 Å². The van der Waals surface area contributed by atoms with E-state index < -0.39 is 0 Å². The molecule has 0 spiro atoms. The molecule has 1 aliphatic carbocycles. The normalized spacial score (nSPS) is 20.1. The average Bonchev–Trinajstić information content (AvgIpc) is 2.90. The molecule has 1 amide bonds. The minimum atomic E-state index is -0.359. The van der Waals surface area contributed by atoms with Gasteiger partial charge in [-0.15, -0.1) is 0 Å². The van der Waals surface area contributed by atoms with Crippen molar-refractivity contribution in [2.24, 2.45) is 5.73 Å². The molecular weight excluding hydrogens is 292 g/mol. The Morgan fingerprint density at radius 2 is 1.35 bits per heavy atom. The maximum Gasteiger partial charge on any atom is 0.406 e. The zero-order chi connectivity index (χ0) is 16.8. The molecule has 3 N–H and O–H groups in total. The number of piperazine rings is 1. The molecule has 6 nitrogen and oxygen atoms in total. The number of hydrogen-bond acceptors (Lipinski definition) is 5. The first-order chi connectivity index (χ1) is 11.3. The van der Waals surface area contributed by atoms with E-state index in [9.17, 15) is 4.79 Å². The van der Waals surface area contributed by atoms with Gasteiger partial charge in [0.25, 0.3) is 0 Å². The van der Waals surface area contributed by atoms with Crippen LogP contribution in [0.25, 0.3) is 0 Å². The van der Waals surface area contributed by atoms with E-state index in [4.69, 9.17) is 5.73 Å². The zero-order valence-corrected chi connectivity index (χ0v) is 14.9. The molecule has 0 aromatic rings. The first-order valence-electron chi connectivity index (χ1n) is 9.23. The third kappa shape index (κ3) is 10.5. The van der Waals surface area contributed by atoms with Crippen molar-refractivity contribution in [2.75, 3.05) is 59.5 Å². The average molecular weight is 329 g/mol. The summed E-state index contributed by atoms with van der Waals surface area (Å²) in [5.74, 6) is 0. The molecule has 0 atom stereocenters. The lowest BCUT2D eigenvalue weighted by Gasteiger charge is -2.34. The zero-order valence-electron chi connectivity index (χ0n) is 14.9. The number of carbonyl (C=O) groups is 1. The molecule has 2 aliphatic rings. The van der Waals surface area contributed by atoms with Gasteiger partial charge in [0.2, 0.25) is 0 Å². The Morgan fingerprint density at radius 1 is 0.913 bits per heavy atom. The number of nitrogens with zero attached hydrogens (tertiary/aromatic N) is 2. The second kappa shape index (κ2) is 13.6. The fourth-order valence-corrected chi connectivity index (χ4v) is 3.04. The molecule has 0 radical (unpaired) electrons. The number of hydrogen-bond donors (Lipinski definition) is 2. The molecule has 0 aromatic carbocycles. The van der Waals surface area contributed by atoms with Crippen molar-refractivity contribution in [1.29, 1.82) is 0 Å². The van der Waals surface area contributed by atoms with E-state index in [1.807, 2.05) is 0 Å². The first kappa shape index (κ1) is 20.2. The number of amides is 1. The van der Waals surface area contributed by atoms with Gasteiger partial charge in [-0.05, 0) is 0 Å². The third-order valence-electron chi connectivity index (χ3n) is 4.54.